The highest BCUT2D eigenvalue weighted by atomic mass is 32.2. The molecule has 0 saturated carbocycles. The largest absolute Gasteiger partial charge is 0.382 e. The highest BCUT2D eigenvalue weighted by molar-refractivity contribution is 7.89. The van der Waals surface area contributed by atoms with Crippen molar-refractivity contribution >= 4 is 32.8 Å². The van der Waals surface area contributed by atoms with Crippen molar-refractivity contribution in [2.45, 2.75) is 18.2 Å². The summed E-state index contributed by atoms with van der Waals surface area (Å²) in [6.45, 7) is 3.43. The van der Waals surface area contributed by atoms with E-state index < -0.39 is 10.0 Å². The quantitative estimate of drug-likeness (QED) is 0.782. The van der Waals surface area contributed by atoms with E-state index in [1.54, 1.807) is 12.1 Å². The van der Waals surface area contributed by atoms with Crippen molar-refractivity contribution in [2.24, 2.45) is 0 Å². The zero-order chi connectivity index (χ0) is 13.7. The Morgan fingerprint density at radius 3 is 3.00 bits per heavy atom. The molecule has 0 fully saturated rings. The Balaban J connectivity index is 2.09. The maximum atomic E-state index is 12.2. The Labute approximate surface area is 116 Å². The third-order valence-electron chi connectivity index (χ3n) is 2.50. The van der Waals surface area contributed by atoms with Gasteiger partial charge in [0.05, 0.1) is 11.7 Å². The summed E-state index contributed by atoms with van der Waals surface area (Å²) in [6.07, 6.45) is 0.637. The number of ether oxygens (including phenoxy) is 1. The number of aromatic nitrogens is 2. The molecule has 0 amide bonds. The molecular formula is C11H15N3O3S2. The first kappa shape index (κ1) is 14.3. The fourth-order valence-corrected chi connectivity index (χ4v) is 3.44. The molecule has 6 nitrogen and oxygen atoms in total. The number of hydrogen-bond acceptors (Lipinski definition) is 6. The van der Waals surface area contributed by atoms with Crippen LogP contribution >= 0.6 is 11.7 Å². The molecule has 104 valence electrons. The number of hydrogen-bond donors (Lipinski definition) is 1. The van der Waals surface area contributed by atoms with Gasteiger partial charge in [-0.15, -0.1) is 0 Å². The number of fused-ring (bicyclic) bond motifs is 1. The van der Waals surface area contributed by atoms with Gasteiger partial charge in [0.1, 0.15) is 15.9 Å². The van der Waals surface area contributed by atoms with E-state index in [-0.39, 0.29) is 4.90 Å². The number of nitrogens with zero attached hydrogens (tertiary/aromatic N) is 2. The standard InChI is InChI=1S/C11H15N3O3S2/c1-2-17-8-4-7-12-19(15,16)10-6-3-5-9-11(10)14-18-13-9/h3,5-6,12H,2,4,7-8H2,1H3. The Morgan fingerprint density at radius 2 is 2.21 bits per heavy atom. The van der Waals surface area contributed by atoms with Crippen LogP contribution in [0.25, 0.3) is 11.0 Å². The van der Waals surface area contributed by atoms with Gasteiger partial charge in [0, 0.05) is 19.8 Å². The number of nitrogens with one attached hydrogen (secondary N) is 1. The molecule has 1 aromatic heterocycles. The summed E-state index contributed by atoms with van der Waals surface area (Å²) in [5.41, 5.74) is 1.02. The molecular weight excluding hydrogens is 286 g/mol. The smallest absolute Gasteiger partial charge is 0.242 e. The van der Waals surface area contributed by atoms with Crippen LogP contribution in [0.4, 0.5) is 0 Å². The van der Waals surface area contributed by atoms with Gasteiger partial charge >= 0.3 is 0 Å². The van der Waals surface area contributed by atoms with E-state index in [1.807, 2.05) is 6.92 Å². The second-order valence-corrected chi connectivity index (χ2v) is 6.10. The monoisotopic (exact) mass is 301 g/mol. The van der Waals surface area contributed by atoms with E-state index in [0.717, 1.165) is 11.7 Å². The zero-order valence-corrected chi connectivity index (χ0v) is 12.1. The normalized spacial score (nSPS) is 12.1. The maximum Gasteiger partial charge on any atom is 0.242 e. The Morgan fingerprint density at radius 1 is 1.37 bits per heavy atom. The highest BCUT2D eigenvalue weighted by Gasteiger charge is 2.18. The molecule has 0 saturated heterocycles. The lowest BCUT2D eigenvalue weighted by molar-refractivity contribution is 0.146. The SMILES string of the molecule is CCOCCCNS(=O)(=O)c1cccc2nsnc12. The molecule has 1 aromatic carbocycles. The highest BCUT2D eigenvalue weighted by Crippen LogP contribution is 2.20. The topological polar surface area (TPSA) is 81.2 Å². The summed E-state index contributed by atoms with van der Waals surface area (Å²) in [5.74, 6) is 0. The van der Waals surface area contributed by atoms with Gasteiger partial charge in [-0.05, 0) is 25.5 Å². The first-order chi connectivity index (χ1) is 9.15. The van der Waals surface area contributed by atoms with Gasteiger partial charge < -0.3 is 4.74 Å². The van der Waals surface area contributed by atoms with Crippen molar-refractivity contribution in [3.05, 3.63) is 18.2 Å². The van der Waals surface area contributed by atoms with E-state index >= 15 is 0 Å². The van der Waals surface area contributed by atoms with Gasteiger partial charge in [-0.2, -0.15) is 8.75 Å². The van der Waals surface area contributed by atoms with Gasteiger partial charge in [-0.1, -0.05) is 6.07 Å². The van der Waals surface area contributed by atoms with E-state index in [1.165, 1.54) is 6.07 Å². The molecule has 0 aliphatic carbocycles. The van der Waals surface area contributed by atoms with E-state index in [0.29, 0.717) is 37.2 Å². The molecule has 2 rings (SSSR count). The maximum absolute atomic E-state index is 12.2. The predicted molar refractivity (Wildman–Crippen MR) is 73.7 cm³/mol. The minimum atomic E-state index is -3.55. The van der Waals surface area contributed by atoms with Gasteiger partial charge in [-0.25, -0.2) is 13.1 Å². The molecule has 0 radical (unpaired) electrons. The Bertz CT molecular complexity index is 639. The van der Waals surface area contributed by atoms with E-state index in [9.17, 15) is 8.42 Å². The van der Waals surface area contributed by atoms with Gasteiger partial charge in [0.25, 0.3) is 0 Å². The third-order valence-corrected chi connectivity index (χ3v) is 4.54. The lowest BCUT2D eigenvalue weighted by atomic mass is 10.3. The van der Waals surface area contributed by atoms with Crippen molar-refractivity contribution in [2.75, 3.05) is 19.8 Å². The lowest BCUT2D eigenvalue weighted by Crippen LogP contribution is -2.25. The van der Waals surface area contributed by atoms with Crippen LogP contribution in [0.5, 0.6) is 0 Å². The summed E-state index contributed by atoms with van der Waals surface area (Å²) in [6, 6.07) is 4.94. The van der Waals surface area contributed by atoms with E-state index in [4.69, 9.17) is 4.74 Å². The van der Waals surface area contributed by atoms with Crippen LogP contribution in [-0.2, 0) is 14.8 Å². The molecule has 0 spiro atoms. The minimum absolute atomic E-state index is 0.176. The molecule has 0 atom stereocenters. The molecule has 8 heteroatoms. The van der Waals surface area contributed by atoms with Crippen molar-refractivity contribution < 1.29 is 13.2 Å². The Hall–Kier alpha value is -1.09. The Kier molecular flexibility index (Phi) is 4.81. The summed E-state index contributed by atoms with van der Waals surface area (Å²) < 4.78 is 40.1. The van der Waals surface area contributed by atoms with Gasteiger partial charge in [0.2, 0.25) is 10.0 Å². The number of benzene rings is 1. The fraction of sp³-hybridized carbons (Fsp3) is 0.455. The second-order valence-electron chi connectivity index (χ2n) is 3.84. The van der Waals surface area contributed by atoms with Crippen LogP contribution in [0.1, 0.15) is 13.3 Å². The number of sulfonamides is 1. The molecule has 0 unspecified atom stereocenters. The first-order valence-electron chi connectivity index (χ1n) is 5.94. The average Bonchev–Trinajstić information content (AvgIpc) is 2.86. The predicted octanol–water partition coefficient (Wildman–Crippen LogP) is 1.40. The summed E-state index contributed by atoms with van der Waals surface area (Å²) >= 11 is 1.01. The lowest BCUT2D eigenvalue weighted by Gasteiger charge is -2.07. The van der Waals surface area contributed by atoms with Crippen molar-refractivity contribution in [1.82, 2.24) is 13.5 Å². The van der Waals surface area contributed by atoms with Gasteiger partial charge in [0.15, 0.2) is 0 Å². The van der Waals surface area contributed by atoms with Crippen LogP contribution in [0.3, 0.4) is 0 Å². The van der Waals surface area contributed by atoms with Crippen molar-refractivity contribution in [3.63, 3.8) is 0 Å². The van der Waals surface area contributed by atoms with Gasteiger partial charge in [-0.3, -0.25) is 0 Å². The summed E-state index contributed by atoms with van der Waals surface area (Å²) in [7, 11) is -3.55. The summed E-state index contributed by atoms with van der Waals surface area (Å²) in [5, 5.41) is 0. The third kappa shape index (κ3) is 3.47. The van der Waals surface area contributed by atoms with Crippen molar-refractivity contribution in [3.8, 4) is 0 Å². The van der Waals surface area contributed by atoms with Crippen LogP contribution in [0.15, 0.2) is 23.1 Å². The molecule has 0 aliphatic heterocycles. The molecule has 0 aliphatic rings. The van der Waals surface area contributed by atoms with Crippen LogP contribution in [0.2, 0.25) is 0 Å². The number of rotatable bonds is 7. The molecule has 2 aromatic rings. The van der Waals surface area contributed by atoms with E-state index in [2.05, 4.69) is 13.5 Å². The molecule has 19 heavy (non-hydrogen) atoms. The van der Waals surface area contributed by atoms with Crippen LogP contribution in [0, 0.1) is 0 Å². The molecule has 1 heterocycles. The van der Waals surface area contributed by atoms with Crippen LogP contribution < -0.4 is 4.72 Å². The first-order valence-corrected chi connectivity index (χ1v) is 8.15. The fourth-order valence-electron chi connectivity index (χ4n) is 1.60. The van der Waals surface area contributed by atoms with Crippen LogP contribution in [-0.4, -0.2) is 36.9 Å². The average molecular weight is 301 g/mol. The zero-order valence-electron chi connectivity index (χ0n) is 10.5. The summed E-state index contributed by atoms with van der Waals surface area (Å²) in [4.78, 5) is 0.176. The second kappa shape index (κ2) is 6.38. The minimum Gasteiger partial charge on any atom is -0.382 e. The van der Waals surface area contributed by atoms with Crippen molar-refractivity contribution in [1.29, 1.82) is 0 Å². The molecule has 0 bridgehead atoms. The molecule has 1 N–H and O–H groups in total.